The fourth-order valence-corrected chi connectivity index (χ4v) is 5.58. The molecule has 0 radical (unpaired) electrons. The second kappa shape index (κ2) is 7.92. The first-order valence-corrected chi connectivity index (χ1v) is 11.5. The molecule has 0 bridgehead atoms. The Morgan fingerprint density at radius 1 is 1.17 bits per heavy atom. The van der Waals surface area contributed by atoms with Crippen molar-refractivity contribution in [2.24, 2.45) is 0 Å². The fourth-order valence-electron chi connectivity index (χ4n) is 4.00. The number of aromatic amines is 1. The summed E-state index contributed by atoms with van der Waals surface area (Å²) in [6, 6.07) is 1.51. The van der Waals surface area contributed by atoms with Gasteiger partial charge in [-0.3, -0.25) is 9.89 Å². The smallest absolute Gasteiger partial charge is 0.257 e. The number of likely N-dealkylation sites (tertiary alicyclic amines) is 1. The molecule has 2 aliphatic heterocycles. The number of hydrogen-bond acceptors (Lipinski definition) is 6. The summed E-state index contributed by atoms with van der Waals surface area (Å²) >= 11 is 0. The maximum absolute atomic E-state index is 13.2. The number of nitrogens with zero attached hydrogens (tertiary/aromatic N) is 4. The Morgan fingerprint density at radius 3 is 2.52 bits per heavy atom. The average Bonchev–Trinajstić information content (AvgIpc) is 3.47. The van der Waals surface area contributed by atoms with Gasteiger partial charge < -0.3 is 14.2 Å². The van der Waals surface area contributed by atoms with Crippen molar-refractivity contribution in [2.45, 2.75) is 31.6 Å². The molecule has 0 spiro atoms. The summed E-state index contributed by atoms with van der Waals surface area (Å²) in [4.78, 5) is 16.9. The summed E-state index contributed by atoms with van der Waals surface area (Å²) < 4.78 is 33.6. The van der Waals surface area contributed by atoms with E-state index in [2.05, 4.69) is 22.0 Å². The highest BCUT2D eigenvalue weighted by Crippen LogP contribution is 2.31. The maximum atomic E-state index is 13.2. The normalized spacial score (nSPS) is 19.2. The Hall–Kier alpha value is -2.17. The summed E-state index contributed by atoms with van der Waals surface area (Å²) in [7, 11) is -3.66. The van der Waals surface area contributed by atoms with Crippen LogP contribution < -0.4 is 0 Å². The third-order valence-corrected chi connectivity index (χ3v) is 7.78. The lowest BCUT2D eigenvalue weighted by molar-refractivity contribution is 0.0793. The molecule has 0 atom stereocenters. The molecule has 2 fully saturated rings. The topological polar surface area (TPSA) is 103 Å². The van der Waals surface area contributed by atoms with Crippen molar-refractivity contribution < 1.29 is 17.6 Å². The number of aromatic nitrogens is 2. The van der Waals surface area contributed by atoms with E-state index in [0.717, 1.165) is 32.5 Å². The summed E-state index contributed by atoms with van der Waals surface area (Å²) in [5.74, 6) is 0.515. The van der Waals surface area contributed by atoms with Gasteiger partial charge in [0.15, 0.2) is 5.76 Å². The zero-order chi connectivity index (χ0) is 20.6. The number of likely N-dealkylation sites (N-methyl/N-ethyl adjacent to an activating group) is 1. The molecule has 0 saturated carbocycles. The van der Waals surface area contributed by atoms with Crippen molar-refractivity contribution in [1.29, 1.82) is 0 Å². The lowest BCUT2D eigenvalue weighted by Gasteiger charge is -2.33. The van der Waals surface area contributed by atoms with Gasteiger partial charge in [-0.05, 0) is 26.3 Å². The molecule has 4 rings (SSSR count). The lowest BCUT2D eigenvalue weighted by Crippen LogP contribution is -2.48. The van der Waals surface area contributed by atoms with E-state index in [1.54, 1.807) is 11.8 Å². The highest BCUT2D eigenvalue weighted by atomic mass is 32.2. The highest BCUT2D eigenvalue weighted by molar-refractivity contribution is 7.89. The number of piperazine rings is 1. The summed E-state index contributed by atoms with van der Waals surface area (Å²) in [6.07, 6.45) is 3.46. The van der Waals surface area contributed by atoms with Crippen LogP contribution in [0.1, 0.15) is 35.9 Å². The quantitative estimate of drug-likeness (QED) is 0.786. The van der Waals surface area contributed by atoms with Gasteiger partial charge in [0, 0.05) is 45.3 Å². The number of sulfonamides is 1. The molecule has 4 heterocycles. The molecule has 0 aromatic carbocycles. The van der Waals surface area contributed by atoms with E-state index in [1.807, 2.05) is 0 Å². The molecule has 1 amide bonds. The van der Waals surface area contributed by atoms with Gasteiger partial charge >= 0.3 is 0 Å². The van der Waals surface area contributed by atoms with E-state index < -0.39 is 10.0 Å². The lowest BCUT2D eigenvalue weighted by atomic mass is 10.2. The molecule has 1 N–H and O–H groups in total. The Morgan fingerprint density at radius 2 is 1.86 bits per heavy atom. The monoisotopic (exact) mass is 421 g/mol. The van der Waals surface area contributed by atoms with Crippen LogP contribution in [0.2, 0.25) is 0 Å². The largest absolute Gasteiger partial charge is 0.458 e. The van der Waals surface area contributed by atoms with Gasteiger partial charge in [0.1, 0.15) is 16.3 Å². The SMILES string of the molecule is CCN1CCN(S(=O)(=O)c2cc(-c3[nH]ncc3C(=O)N3CCCC3)oc2C)CC1. The number of H-pyrrole nitrogens is 1. The van der Waals surface area contributed by atoms with E-state index >= 15 is 0 Å². The maximum Gasteiger partial charge on any atom is 0.257 e. The van der Waals surface area contributed by atoms with E-state index in [-0.39, 0.29) is 10.8 Å². The molecule has 2 aromatic rings. The number of nitrogens with one attached hydrogen (secondary N) is 1. The van der Waals surface area contributed by atoms with Gasteiger partial charge in [0.2, 0.25) is 10.0 Å². The van der Waals surface area contributed by atoms with Crippen LogP contribution in [-0.2, 0) is 10.0 Å². The second-order valence-electron chi connectivity index (χ2n) is 7.53. The minimum absolute atomic E-state index is 0.111. The van der Waals surface area contributed by atoms with Crippen LogP contribution in [0.25, 0.3) is 11.5 Å². The van der Waals surface area contributed by atoms with E-state index in [4.69, 9.17) is 4.42 Å². The molecule has 2 aliphatic rings. The van der Waals surface area contributed by atoms with Crippen LogP contribution in [0, 0.1) is 6.92 Å². The minimum Gasteiger partial charge on any atom is -0.458 e. The van der Waals surface area contributed by atoms with Gasteiger partial charge in [-0.1, -0.05) is 6.92 Å². The molecule has 29 heavy (non-hydrogen) atoms. The van der Waals surface area contributed by atoms with Crippen molar-refractivity contribution >= 4 is 15.9 Å². The van der Waals surface area contributed by atoms with Crippen LogP contribution >= 0.6 is 0 Å². The summed E-state index contributed by atoms with van der Waals surface area (Å²) in [5, 5.41) is 6.81. The molecular formula is C19H27N5O4S. The van der Waals surface area contributed by atoms with Crippen LogP contribution in [-0.4, -0.2) is 84.4 Å². The van der Waals surface area contributed by atoms with Gasteiger partial charge in [-0.15, -0.1) is 0 Å². The van der Waals surface area contributed by atoms with E-state index in [9.17, 15) is 13.2 Å². The Labute approximate surface area is 170 Å². The van der Waals surface area contributed by atoms with Gasteiger partial charge in [0.05, 0.1) is 11.8 Å². The summed E-state index contributed by atoms with van der Waals surface area (Å²) in [5.41, 5.74) is 0.823. The van der Waals surface area contributed by atoms with Crippen LogP contribution in [0.3, 0.4) is 0 Å². The molecular weight excluding hydrogens is 394 g/mol. The van der Waals surface area contributed by atoms with Crippen LogP contribution in [0.5, 0.6) is 0 Å². The first-order valence-electron chi connectivity index (χ1n) is 10.1. The van der Waals surface area contributed by atoms with Gasteiger partial charge in [-0.2, -0.15) is 9.40 Å². The van der Waals surface area contributed by atoms with Crippen molar-refractivity contribution in [3.8, 4) is 11.5 Å². The molecule has 0 aliphatic carbocycles. The van der Waals surface area contributed by atoms with E-state index in [1.165, 1.54) is 16.6 Å². The Bertz CT molecular complexity index is 982. The molecule has 9 nitrogen and oxygen atoms in total. The average molecular weight is 422 g/mol. The van der Waals surface area contributed by atoms with Crippen LogP contribution in [0.4, 0.5) is 0 Å². The Balaban J connectivity index is 1.61. The fraction of sp³-hybridized carbons (Fsp3) is 0.579. The van der Waals surface area contributed by atoms with Crippen molar-refractivity contribution in [3.05, 3.63) is 23.6 Å². The Kier molecular flexibility index (Phi) is 5.50. The standard InChI is InChI=1S/C19H27N5O4S/c1-3-22-8-10-24(11-9-22)29(26,27)17-12-16(28-14(17)2)18-15(13-20-21-18)19(25)23-6-4-5-7-23/h12-13H,3-11H2,1-2H3,(H,20,21). The first kappa shape index (κ1) is 20.1. The molecule has 10 heteroatoms. The number of hydrogen-bond donors (Lipinski definition) is 1. The zero-order valence-corrected chi connectivity index (χ0v) is 17.7. The number of rotatable bonds is 5. The number of aryl methyl sites for hydroxylation is 1. The molecule has 0 unspecified atom stereocenters. The van der Waals surface area contributed by atoms with Crippen molar-refractivity contribution in [2.75, 3.05) is 45.8 Å². The third kappa shape index (κ3) is 3.72. The minimum atomic E-state index is -3.66. The number of furan rings is 1. The predicted octanol–water partition coefficient (Wildman–Crippen LogP) is 1.54. The zero-order valence-electron chi connectivity index (χ0n) is 16.8. The molecule has 2 saturated heterocycles. The number of carbonyl (C=O) groups excluding carboxylic acids is 1. The molecule has 158 valence electrons. The number of amides is 1. The third-order valence-electron chi connectivity index (χ3n) is 5.78. The van der Waals surface area contributed by atoms with Crippen molar-refractivity contribution in [3.63, 3.8) is 0 Å². The van der Waals surface area contributed by atoms with Crippen molar-refractivity contribution in [1.82, 2.24) is 24.3 Å². The first-order chi connectivity index (χ1) is 13.9. The summed E-state index contributed by atoms with van der Waals surface area (Å²) in [6.45, 7) is 8.42. The second-order valence-corrected chi connectivity index (χ2v) is 9.43. The van der Waals surface area contributed by atoms with Crippen LogP contribution in [0.15, 0.2) is 21.6 Å². The van der Waals surface area contributed by atoms with E-state index in [0.29, 0.717) is 49.0 Å². The molecule has 2 aromatic heterocycles. The number of carbonyl (C=O) groups is 1. The van der Waals surface area contributed by atoms with Gasteiger partial charge in [-0.25, -0.2) is 8.42 Å². The van der Waals surface area contributed by atoms with Gasteiger partial charge in [0.25, 0.3) is 5.91 Å². The predicted molar refractivity (Wildman–Crippen MR) is 107 cm³/mol. The highest BCUT2D eigenvalue weighted by Gasteiger charge is 2.33.